The van der Waals surface area contributed by atoms with Crippen LogP contribution in [0.5, 0.6) is 5.75 Å². The largest absolute Gasteiger partial charge is 0.487 e. The monoisotopic (exact) mass is 394 g/mol. The zero-order valence-corrected chi connectivity index (χ0v) is 16.5. The number of aromatic nitrogens is 1. The van der Waals surface area contributed by atoms with Crippen LogP contribution in [0.3, 0.4) is 0 Å². The van der Waals surface area contributed by atoms with E-state index in [-0.39, 0.29) is 11.9 Å². The standard InChI is InChI=1S/C22H23N3O2S/c26-22(18-6-8-21(9-7-18)27-14-20-15-28-16-23-20)24-19-10-11-25(13-19)12-17-4-2-1-3-5-17/h1-9,15-16,19H,10-14H2,(H,24,26)/p+1/t19-/m0/s1. The topological polar surface area (TPSA) is 55.7 Å². The Morgan fingerprint density at radius 1 is 1.18 bits per heavy atom. The van der Waals surface area contributed by atoms with E-state index in [1.165, 1.54) is 10.5 Å². The molecule has 0 spiro atoms. The number of hydrogen-bond donors (Lipinski definition) is 2. The molecule has 1 unspecified atom stereocenters. The molecule has 0 radical (unpaired) electrons. The summed E-state index contributed by atoms with van der Waals surface area (Å²) >= 11 is 1.55. The van der Waals surface area contributed by atoms with Gasteiger partial charge in [0.25, 0.3) is 5.91 Å². The van der Waals surface area contributed by atoms with Crippen molar-refractivity contribution in [1.82, 2.24) is 10.3 Å². The minimum atomic E-state index is -0.0167. The molecule has 1 aliphatic heterocycles. The molecule has 4 rings (SSSR count). The average molecular weight is 395 g/mol. The third-order valence-electron chi connectivity index (χ3n) is 5.00. The first-order valence-corrected chi connectivity index (χ1v) is 10.5. The van der Waals surface area contributed by atoms with Crippen molar-refractivity contribution in [3.8, 4) is 5.75 Å². The molecular weight excluding hydrogens is 370 g/mol. The average Bonchev–Trinajstić information content (AvgIpc) is 3.40. The third-order valence-corrected chi connectivity index (χ3v) is 5.64. The highest BCUT2D eigenvalue weighted by Gasteiger charge is 2.27. The Bertz CT molecular complexity index is 882. The molecule has 2 aromatic carbocycles. The summed E-state index contributed by atoms with van der Waals surface area (Å²) in [5, 5.41) is 5.14. The first-order valence-electron chi connectivity index (χ1n) is 9.54. The maximum absolute atomic E-state index is 12.6. The molecule has 2 atom stereocenters. The van der Waals surface area contributed by atoms with Gasteiger partial charge in [-0.25, -0.2) is 4.98 Å². The summed E-state index contributed by atoms with van der Waals surface area (Å²) in [6.45, 7) is 3.51. The molecule has 28 heavy (non-hydrogen) atoms. The van der Waals surface area contributed by atoms with Gasteiger partial charge in [-0.3, -0.25) is 4.79 Å². The molecule has 144 valence electrons. The Morgan fingerprint density at radius 2 is 2.00 bits per heavy atom. The molecule has 0 aliphatic carbocycles. The maximum atomic E-state index is 12.6. The van der Waals surface area contributed by atoms with Crippen molar-refractivity contribution in [2.75, 3.05) is 13.1 Å². The summed E-state index contributed by atoms with van der Waals surface area (Å²) in [7, 11) is 0. The van der Waals surface area contributed by atoms with Crippen molar-refractivity contribution in [1.29, 1.82) is 0 Å². The fraction of sp³-hybridized carbons (Fsp3) is 0.273. The summed E-state index contributed by atoms with van der Waals surface area (Å²) in [5.41, 5.74) is 4.71. The van der Waals surface area contributed by atoms with Gasteiger partial charge >= 0.3 is 0 Å². The Kier molecular flexibility index (Phi) is 5.99. The first-order chi connectivity index (χ1) is 13.8. The number of carbonyl (C=O) groups excluding carboxylic acids is 1. The zero-order valence-electron chi connectivity index (χ0n) is 15.6. The van der Waals surface area contributed by atoms with Crippen molar-refractivity contribution >= 4 is 17.2 Å². The number of likely N-dealkylation sites (tertiary alicyclic amines) is 1. The number of benzene rings is 2. The fourth-order valence-electron chi connectivity index (χ4n) is 3.54. The second-order valence-electron chi connectivity index (χ2n) is 7.12. The van der Waals surface area contributed by atoms with Gasteiger partial charge in [-0.15, -0.1) is 11.3 Å². The number of amides is 1. The number of nitrogens with zero attached hydrogens (tertiary/aromatic N) is 1. The normalized spacial score (nSPS) is 18.7. The Morgan fingerprint density at radius 3 is 2.75 bits per heavy atom. The maximum Gasteiger partial charge on any atom is 0.251 e. The van der Waals surface area contributed by atoms with Crippen LogP contribution in [0.15, 0.2) is 65.5 Å². The highest BCUT2D eigenvalue weighted by molar-refractivity contribution is 7.07. The molecule has 1 amide bonds. The SMILES string of the molecule is O=C(N[C@H]1CC[NH+](Cc2ccccc2)C1)c1ccc(OCc2cscn2)cc1. The molecule has 6 heteroatoms. The van der Waals surface area contributed by atoms with Gasteiger partial charge in [-0.1, -0.05) is 30.3 Å². The van der Waals surface area contributed by atoms with Crippen LogP contribution in [-0.4, -0.2) is 30.0 Å². The molecule has 1 fully saturated rings. The van der Waals surface area contributed by atoms with Crippen LogP contribution in [0, 0.1) is 0 Å². The number of quaternary nitrogens is 1. The molecule has 1 aromatic heterocycles. The number of hydrogen-bond acceptors (Lipinski definition) is 4. The number of rotatable bonds is 7. The van der Waals surface area contributed by atoms with E-state index in [1.54, 1.807) is 16.8 Å². The summed E-state index contributed by atoms with van der Waals surface area (Å²) in [4.78, 5) is 18.3. The summed E-state index contributed by atoms with van der Waals surface area (Å²) < 4.78 is 5.70. The second-order valence-corrected chi connectivity index (χ2v) is 7.84. The van der Waals surface area contributed by atoms with Crippen LogP contribution in [0.1, 0.15) is 28.0 Å². The Hall–Kier alpha value is -2.70. The van der Waals surface area contributed by atoms with E-state index >= 15 is 0 Å². The highest BCUT2D eigenvalue weighted by atomic mass is 32.1. The Labute approximate surface area is 169 Å². The van der Waals surface area contributed by atoms with Crippen molar-refractivity contribution in [2.24, 2.45) is 0 Å². The molecule has 1 saturated heterocycles. The lowest BCUT2D eigenvalue weighted by Crippen LogP contribution is -3.09. The van der Waals surface area contributed by atoms with Crippen molar-refractivity contribution < 1.29 is 14.4 Å². The highest BCUT2D eigenvalue weighted by Crippen LogP contribution is 2.14. The van der Waals surface area contributed by atoms with E-state index in [0.717, 1.165) is 37.5 Å². The van der Waals surface area contributed by atoms with Crippen LogP contribution in [0.2, 0.25) is 0 Å². The molecule has 1 aliphatic rings. The summed E-state index contributed by atoms with van der Waals surface area (Å²) in [6, 6.07) is 18.1. The number of nitrogens with one attached hydrogen (secondary N) is 2. The lowest BCUT2D eigenvalue weighted by Gasteiger charge is -2.14. The van der Waals surface area contributed by atoms with Gasteiger partial charge in [0, 0.05) is 22.9 Å². The van der Waals surface area contributed by atoms with Crippen LogP contribution in [-0.2, 0) is 13.2 Å². The smallest absolute Gasteiger partial charge is 0.251 e. The van der Waals surface area contributed by atoms with E-state index < -0.39 is 0 Å². The molecule has 5 nitrogen and oxygen atoms in total. The van der Waals surface area contributed by atoms with Gasteiger partial charge in [0.15, 0.2) is 0 Å². The molecule has 3 aromatic rings. The molecule has 2 heterocycles. The first kappa shape index (κ1) is 18.7. The van der Waals surface area contributed by atoms with Gasteiger partial charge in [0.2, 0.25) is 0 Å². The van der Waals surface area contributed by atoms with Crippen molar-refractivity contribution in [3.63, 3.8) is 0 Å². The summed E-state index contributed by atoms with van der Waals surface area (Å²) in [5.74, 6) is 0.723. The quantitative estimate of drug-likeness (QED) is 0.647. The van der Waals surface area contributed by atoms with E-state index in [2.05, 4.69) is 34.6 Å². The lowest BCUT2D eigenvalue weighted by atomic mass is 10.2. The molecule has 0 saturated carbocycles. The van der Waals surface area contributed by atoms with E-state index in [0.29, 0.717) is 12.2 Å². The zero-order chi connectivity index (χ0) is 19.2. The Balaban J connectivity index is 1.25. The van der Waals surface area contributed by atoms with Gasteiger partial charge < -0.3 is 15.0 Å². The van der Waals surface area contributed by atoms with Crippen LogP contribution >= 0.6 is 11.3 Å². The van der Waals surface area contributed by atoms with Crippen LogP contribution in [0.25, 0.3) is 0 Å². The minimum Gasteiger partial charge on any atom is -0.487 e. The van der Waals surface area contributed by atoms with Crippen LogP contribution in [0.4, 0.5) is 0 Å². The van der Waals surface area contributed by atoms with Gasteiger partial charge in [-0.2, -0.15) is 0 Å². The number of carbonyl (C=O) groups is 1. The predicted octanol–water partition coefficient (Wildman–Crippen LogP) is 2.31. The van der Waals surface area contributed by atoms with E-state index in [1.807, 2.05) is 35.7 Å². The molecule has 2 N–H and O–H groups in total. The molecular formula is C22H24N3O2S+. The summed E-state index contributed by atoms with van der Waals surface area (Å²) in [6.07, 6.45) is 1.02. The van der Waals surface area contributed by atoms with Crippen molar-refractivity contribution in [3.05, 3.63) is 82.3 Å². The third kappa shape index (κ3) is 4.97. The van der Waals surface area contributed by atoms with Crippen molar-refractivity contribution in [2.45, 2.75) is 25.6 Å². The minimum absolute atomic E-state index is 0.0167. The lowest BCUT2D eigenvalue weighted by molar-refractivity contribution is -0.901. The number of thiazole rings is 1. The molecule has 0 bridgehead atoms. The van der Waals surface area contributed by atoms with Crippen LogP contribution < -0.4 is 15.0 Å². The fourth-order valence-corrected chi connectivity index (χ4v) is 4.08. The number of ether oxygens (including phenoxy) is 1. The van der Waals surface area contributed by atoms with E-state index in [9.17, 15) is 4.79 Å². The van der Waals surface area contributed by atoms with Gasteiger partial charge in [-0.05, 0) is 24.3 Å². The van der Waals surface area contributed by atoms with E-state index in [4.69, 9.17) is 4.74 Å². The van der Waals surface area contributed by atoms with Gasteiger partial charge in [0.1, 0.15) is 18.9 Å². The second kappa shape index (κ2) is 8.99. The predicted molar refractivity (Wildman–Crippen MR) is 110 cm³/mol. The van der Waals surface area contributed by atoms with Gasteiger partial charge in [0.05, 0.1) is 30.3 Å².